The maximum atomic E-state index is 13.3. The van der Waals surface area contributed by atoms with Gasteiger partial charge in [-0.15, -0.1) is 11.3 Å². The molecule has 1 atom stereocenters. The highest BCUT2D eigenvalue weighted by molar-refractivity contribution is 7.09. The lowest BCUT2D eigenvalue weighted by Crippen LogP contribution is -2.22. The van der Waals surface area contributed by atoms with Gasteiger partial charge in [-0.25, -0.2) is 9.37 Å². The number of thiazole rings is 1. The van der Waals surface area contributed by atoms with Crippen LogP contribution in [0.4, 0.5) is 4.39 Å². The van der Waals surface area contributed by atoms with Crippen molar-refractivity contribution in [2.24, 2.45) is 0 Å². The number of aromatic nitrogens is 1. The molecule has 0 unspecified atom stereocenters. The van der Waals surface area contributed by atoms with Crippen LogP contribution < -0.4 is 10.1 Å². The molecule has 3 nitrogen and oxygen atoms in total. The second-order valence-electron chi connectivity index (χ2n) is 5.52. The summed E-state index contributed by atoms with van der Waals surface area (Å²) in [6.45, 7) is 2.65. The third kappa shape index (κ3) is 3.99. The van der Waals surface area contributed by atoms with Crippen molar-refractivity contribution < 1.29 is 9.13 Å². The van der Waals surface area contributed by atoms with E-state index in [4.69, 9.17) is 4.74 Å². The van der Waals surface area contributed by atoms with E-state index in [1.807, 2.05) is 48.7 Å². The van der Waals surface area contributed by atoms with E-state index in [1.54, 1.807) is 18.4 Å². The van der Waals surface area contributed by atoms with Crippen molar-refractivity contribution in [2.45, 2.75) is 19.5 Å². The van der Waals surface area contributed by atoms with Crippen LogP contribution in [0.15, 0.2) is 53.9 Å². The van der Waals surface area contributed by atoms with Gasteiger partial charge in [-0.05, 0) is 42.3 Å². The Bertz CT molecular complexity index is 784. The van der Waals surface area contributed by atoms with Crippen LogP contribution in [-0.2, 0) is 6.54 Å². The van der Waals surface area contributed by atoms with E-state index in [1.165, 1.54) is 12.1 Å². The van der Waals surface area contributed by atoms with E-state index >= 15 is 0 Å². The van der Waals surface area contributed by atoms with Gasteiger partial charge in [0.1, 0.15) is 16.6 Å². The Labute approximate surface area is 145 Å². The summed E-state index contributed by atoms with van der Waals surface area (Å²) in [4.78, 5) is 4.49. The molecule has 124 valence electrons. The van der Waals surface area contributed by atoms with E-state index < -0.39 is 0 Å². The first kappa shape index (κ1) is 16.6. The average molecular weight is 342 g/mol. The van der Waals surface area contributed by atoms with E-state index in [0.29, 0.717) is 6.54 Å². The molecule has 0 aliphatic carbocycles. The molecule has 5 heteroatoms. The number of nitrogens with zero attached hydrogens (tertiary/aromatic N) is 1. The molecule has 2 aromatic carbocycles. The number of methoxy groups -OCH3 is 1. The highest BCUT2D eigenvalue weighted by Gasteiger charge is 2.15. The summed E-state index contributed by atoms with van der Waals surface area (Å²) in [5.74, 6) is 0.579. The van der Waals surface area contributed by atoms with E-state index in [2.05, 4.69) is 10.3 Å². The second kappa shape index (κ2) is 7.55. The topological polar surface area (TPSA) is 34.1 Å². The fourth-order valence-corrected chi connectivity index (χ4v) is 3.28. The molecule has 0 aliphatic heterocycles. The van der Waals surface area contributed by atoms with Crippen molar-refractivity contribution in [2.75, 3.05) is 7.11 Å². The largest absolute Gasteiger partial charge is 0.497 e. The number of hydrogen-bond acceptors (Lipinski definition) is 4. The molecular weight excluding hydrogens is 323 g/mol. The second-order valence-corrected chi connectivity index (χ2v) is 6.46. The van der Waals surface area contributed by atoms with Crippen LogP contribution in [0, 0.1) is 12.7 Å². The van der Waals surface area contributed by atoms with Gasteiger partial charge in [-0.2, -0.15) is 0 Å². The standard InChI is InChI=1S/C19H19FN2OS/c1-13-12-24-18(22-13)11-21-19(14-3-7-16(20)8-4-14)15-5-9-17(23-2)10-6-15/h3-10,12,19,21H,11H2,1-2H3/t19-/m0/s1. The average Bonchev–Trinajstić information content (AvgIpc) is 3.02. The first-order valence-electron chi connectivity index (χ1n) is 7.69. The van der Waals surface area contributed by atoms with Crippen molar-refractivity contribution in [1.82, 2.24) is 10.3 Å². The molecule has 3 aromatic rings. The number of ether oxygens (including phenoxy) is 1. The molecule has 0 amide bonds. The fraction of sp³-hybridized carbons (Fsp3) is 0.211. The number of rotatable bonds is 6. The van der Waals surface area contributed by atoms with Crippen molar-refractivity contribution in [3.63, 3.8) is 0 Å². The number of halogens is 1. The quantitative estimate of drug-likeness (QED) is 0.717. The van der Waals surface area contributed by atoms with Crippen LogP contribution in [0.1, 0.15) is 27.9 Å². The van der Waals surface area contributed by atoms with Crippen LogP contribution >= 0.6 is 11.3 Å². The molecule has 0 radical (unpaired) electrons. The highest BCUT2D eigenvalue weighted by atomic mass is 32.1. The van der Waals surface area contributed by atoms with Gasteiger partial charge in [-0.1, -0.05) is 24.3 Å². The van der Waals surface area contributed by atoms with E-state index in [0.717, 1.165) is 27.6 Å². The summed E-state index contributed by atoms with van der Waals surface area (Å²) in [7, 11) is 1.65. The van der Waals surface area contributed by atoms with Crippen LogP contribution in [-0.4, -0.2) is 12.1 Å². The first-order valence-corrected chi connectivity index (χ1v) is 8.57. The predicted octanol–water partition coefficient (Wildman–Crippen LogP) is 4.48. The number of benzene rings is 2. The zero-order valence-electron chi connectivity index (χ0n) is 13.6. The van der Waals surface area contributed by atoms with E-state index in [9.17, 15) is 4.39 Å². The van der Waals surface area contributed by atoms with Crippen LogP contribution in [0.25, 0.3) is 0 Å². The van der Waals surface area contributed by atoms with Crippen molar-refractivity contribution in [3.05, 3.63) is 81.6 Å². The first-order chi connectivity index (χ1) is 11.7. The molecule has 1 N–H and O–H groups in total. The van der Waals surface area contributed by atoms with Crippen LogP contribution in [0.2, 0.25) is 0 Å². The third-order valence-electron chi connectivity index (χ3n) is 3.78. The monoisotopic (exact) mass is 342 g/mol. The molecular formula is C19H19FN2OS. The zero-order chi connectivity index (χ0) is 16.9. The minimum absolute atomic E-state index is 0.0410. The molecule has 24 heavy (non-hydrogen) atoms. The smallest absolute Gasteiger partial charge is 0.123 e. The summed E-state index contributed by atoms with van der Waals surface area (Å²) in [6.07, 6.45) is 0. The number of hydrogen-bond donors (Lipinski definition) is 1. The maximum absolute atomic E-state index is 13.3. The molecule has 1 aromatic heterocycles. The lowest BCUT2D eigenvalue weighted by atomic mass is 9.98. The van der Waals surface area contributed by atoms with Gasteiger partial charge in [0, 0.05) is 17.6 Å². The van der Waals surface area contributed by atoms with Gasteiger partial charge >= 0.3 is 0 Å². The molecule has 0 spiro atoms. The van der Waals surface area contributed by atoms with Crippen LogP contribution in [0.3, 0.4) is 0 Å². The Morgan fingerprint density at radius 2 is 1.71 bits per heavy atom. The summed E-state index contributed by atoms with van der Waals surface area (Å²) < 4.78 is 18.5. The molecule has 3 rings (SSSR count). The zero-order valence-corrected chi connectivity index (χ0v) is 14.4. The van der Waals surface area contributed by atoms with Gasteiger partial charge in [0.15, 0.2) is 0 Å². The van der Waals surface area contributed by atoms with E-state index in [-0.39, 0.29) is 11.9 Å². The summed E-state index contributed by atoms with van der Waals surface area (Å²) in [5, 5.41) is 6.60. The van der Waals surface area contributed by atoms with Gasteiger partial charge in [0.05, 0.1) is 13.2 Å². The molecule has 0 aliphatic rings. The lowest BCUT2D eigenvalue weighted by molar-refractivity contribution is 0.414. The summed E-state index contributed by atoms with van der Waals surface area (Å²) in [5.41, 5.74) is 3.13. The Kier molecular flexibility index (Phi) is 5.23. The summed E-state index contributed by atoms with van der Waals surface area (Å²) in [6, 6.07) is 14.5. The number of nitrogens with one attached hydrogen (secondary N) is 1. The third-order valence-corrected chi connectivity index (χ3v) is 4.74. The molecule has 0 saturated heterocycles. The van der Waals surface area contributed by atoms with Gasteiger partial charge in [0.25, 0.3) is 0 Å². The van der Waals surface area contributed by atoms with Crippen LogP contribution in [0.5, 0.6) is 5.75 Å². The van der Waals surface area contributed by atoms with Gasteiger partial charge in [-0.3, -0.25) is 5.32 Å². The van der Waals surface area contributed by atoms with Crippen molar-refractivity contribution in [1.29, 1.82) is 0 Å². The lowest BCUT2D eigenvalue weighted by Gasteiger charge is -2.19. The van der Waals surface area contributed by atoms with Gasteiger partial charge in [0.2, 0.25) is 0 Å². The Morgan fingerprint density at radius 3 is 2.25 bits per heavy atom. The molecule has 0 bridgehead atoms. The normalized spacial score (nSPS) is 12.1. The Morgan fingerprint density at radius 1 is 1.08 bits per heavy atom. The molecule has 1 heterocycles. The Balaban J connectivity index is 1.85. The van der Waals surface area contributed by atoms with Gasteiger partial charge < -0.3 is 4.74 Å². The molecule has 0 fully saturated rings. The fourth-order valence-electron chi connectivity index (χ4n) is 2.55. The summed E-state index contributed by atoms with van der Waals surface area (Å²) >= 11 is 1.64. The highest BCUT2D eigenvalue weighted by Crippen LogP contribution is 2.25. The SMILES string of the molecule is COc1ccc([C@@H](NCc2nc(C)cs2)c2ccc(F)cc2)cc1. The minimum atomic E-state index is -0.234. The van der Waals surface area contributed by atoms with Crippen molar-refractivity contribution in [3.8, 4) is 5.75 Å². The molecule has 0 saturated carbocycles. The van der Waals surface area contributed by atoms with Crippen molar-refractivity contribution >= 4 is 11.3 Å². The minimum Gasteiger partial charge on any atom is -0.497 e. The number of aryl methyl sites for hydroxylation is 1. The maximum Gasteiger partial charge on any atom is 0.123 e. The predicted molar refractivity (Wildman–Crippen MR) is 94.9 cm³/mol. The Hall–Kier alpha value is -2.24.